The molecule has 0 saturated carbocycles. The third-order valence-electron chi connectivity index (χ3n) is 4.40. The van der Waals surface area contributed by atoms with Crippen LogP contribution in [-0.4, -0.2) is 66.4 Å². The summed E-state index contributed by atoms with van der Waals surface area (Å²) in [6, 6.07) is 5.33. The number of carboxylic acid groups (broad SMARTS) is 2. The molecule has 138 valence electrons. The van der Waals surface area contributed by atoms with Crippen molar-refractivity contribution in [2.24, 2.45) is 0 Å². The van der Waals surface area contributed by atoms with Crippen molar-refractivity contribution in [3.05, 3.63) is 35.9 Å². The third-order valence-corrected chi connectivity index (χ3v) is 5.84. The van der Waals surface area contributed by atoms with Crippen LogP contribution in [0.4, 0.5) is 0 Å². The zero-order valence-corrected chi connectivity index (χ0v) is 14.3. The zero-order valence-electron chi connectivity index (χ0n) is 13.5. The van der Waals surface area contributed by atoms with Crippen LogP contribution in [0.1, 0.15) is 18.4 Å². The highest BCUT2D eigenvalue weighted by atomic mass is 32.2. The first-order valence-corrected chi connectivity index (χ1v) is 8.56. The first-order valence-electron chi connectivity index (χ1n) is 7.68. The fourth-order valence-electron chi connectivity index (χ4n) is 3.22. The monoisotopic (exact) mass is 380 g/mol. The topological polar surface area (TPSA) is 144 Å². The average Bonchev–Trinajstić information content (AvgIpc) is 2.82. The Hall–Kier alpha value is -2.59. The molecule has 2 amide bonds. The van der Waals surface area contributed by atoms with E-state index in [-0.39, 0.29) is 5.56 Å². The highest BCUT2D eigenvalue weighted by molar-refractivity contribution is 8.01. The van der Waals surface area contributed by atoms with Crippen LogP contribution in [0.25, 0.3) is 0 Å². The highest BCUT2D eigenvalue weighted by Gasteiger charge is 2.65. The standard InChI is InChI=1S/C16H16N2O7S/c1-16(25)10(15(23)24)18-12(20)9(13(18)26-16)17-11(19)8(14(21)22)7-5-3-2-4-6-7/h2-6,8-10,13,25H,1H3,(H,17,19)(H,21,22)(H,23,24)/t8?,9-,10+,13-,16?/m1/s1. The molecule has 2 aliphatic heterocycles. The predicted molar refractivity (Wildman–Crippen MR) is 89.0 cm³/mol. The van der Waals surface area contributed by atoms with E-state index < -0.39 is 52.1 Å². The summed E-state index contributed by atoms with van der Waals surface area (Å²) < 4.78 is 0. The van der Waals surface area contributed by atoms with E-state index in [2.05, 4.69) is 5.32 Å². The third kappa shape index (κ3) is 2.80. The first-order chi connectivity index (χ1) is 12.1. The lowest BCUT2D eigenvalue weighted by Gasteiger charge is -2.43. The van der Waals surface area contributed by atoms with E-state index in [0.29, 0.717) is 0 Å². The molecular weight excluding hydrogens is 364 g/mol. The zero-order chi connectivity index (χ0) is 19.2. The molecule has 5 atom stereocenters. The van der Waals surface area contributed by atoms with Crippen LogP contribution in [0, 0.1) is 0 Å². The van der Waals surface area contributed by atoms with Gasteiger partial charge in [0.15, 0.2) is 12.0 Å². The minimum Gasteiger partial charge on any atom is -0.480 e. The van der Waals surface area contributed by atoms with Gasteiger partial charge in [-0.15, -0.1) is 0 Å². The van der Waals surface area contributed by atoms with Gasteiger partial charge in [-0.05, 0) is 12.5 Å². The molecule has 2 heterocycles. The van der Waals surface area contributed by atoms with Crippen LogP contribution in [0.5, 0.6) is 0 Å². The van der Waals surface area contributed by atoms with Gasteiger partial charge < -0.3 is 25.5 Å². The number of carbonyl (C=O) groups excluding carboxylic acids is 2. The summed E-state index contributed by atoms with van der Waals surface area (Å²) in [6.07, 6.45) is 0. The number of amides is 2. The van der Waals surface area contributed by atoms with E-state index in [1.807, 2.05) is 0 Å². The van der Waals surface area contributed by atoms with Crippen LogP contribution >= 0.6 is 11.8 Å². The van der Waals surface area contributed by atoms with Crippen LogP contribution in [0.15, 0.2) is 30.3 Å². The maximum atomic E-state index is 12.4. The second-order valence-electron chi connectivity index (χ2n) is 6.22. The fourth-order valence-corrected chi connectivity index (χ4v) is 4.71. The number of hydrogen-bond donors (Lipinski definition) is 4. The average molecular weight is 380 g/mol. The second-order valence-corrected chi connectivity index (χ2v) is 7.76. The lowest BCUT2D eigenvalue weighted by molar-refractivity contribution is -0.165. The van der Waals surface area contributed by atoms with Gasteiger partial charge in [0.25, 0.3) is 0 Å². The van der Waals surface area contributed by atoms with E-state index in [9.17, 15) is 34.5 Å². The van der Waals surface area contributed by atoms with Crippen LogP contribution in [-0.2, 0) is 19.2 Å². The number of β-lactam (4-membered cyclic amide) rings is 1. The molecule has 10 heteroatoms. The first kappa shape index (κ1) is 18.2. The number of benzene rings is 1. The molecule has 0 spiro atoms. The molecule has 1 aromatic rings. The molecule has 26 heavy (non-hydrogen) atoms. The summed E-state index contributed by atoms with van der Waals surface area (Å²) >= 11 is 0.841. The summed E-state index contributed by atoms with van der Waals surface area (Å²) in [7, 11) is 0. The van der Waals surface area contributed by atoms with Gasteiger partial charge in [-0.3, -0.25) is 14.4 Å². The molecule has 4 N–H and O–H groups in total. The summed E-state index contributed by atoms with van der Waals surface area (Å²) in [4.78, 5) is 46.9. The number of hydrogen-bond acceptors (Lipinski definition) is 6. The number of nitrogens with zero attached hydrogens (tertiary/aromatic N) is 1. The summed E-state index contributed by atoms with van der Waals surface area (Å²) in [6.45, 7) is 1.28. The van der Waals surface area contributed by atoms with Gasteiger partial charge in [0.1, 0.15) is 16.3 Å². The van der Waals surface area contributed by atoms with Gasteiger partial charge >= 0.3 is 11.9 Å². The number of fused-ring (bicyclic) bond motifs is 1. The summed E-state index contributed by atoms with van der Waals surface area (Å²) in [5, 5.41) is 30.4. The Morgan fingerprint density at radius 1 is 1.23 bits per heavy atom. The normalized spacial score (nSPS) is 30.9. The quantitative estimate of drug-likeness (QED) is 0.392. The number of aliphatic hydroxyl groups is 1. The van der Waals surface area contributed by atoms with Gasteiger partial charge in [-0.1, -0.05) is 42.1 Å². The van der Waals surface area contributed by atoms with Crippen molar-refractivity contribution in [1.82, 2.24) is 10.2 Å². The minimum absolute atomic E-state index is 0.260. The molecule has 0 bridgehead atoms. The largest absolute Gasteiger partial charge is 0.480 e. The van der Waals surface area contributed by atoms with Crippen LogP contribution in [0.2, 0.25) is 0 Å². The molecule has 2 fully saturated rings. The van der Waals surface area contributed by atoms with Gasteiger partial charge in [0, 0.05) is 0 Å². The highest BCUT2D eigenvalue weighted by Crippen LogP contribution is 2.49. The van der Waals surface area contributed by atoms with Crippen molar-refractivity contribution in [3.63, 3.8) is 0 Å². The molecule has 0 radical (unpaired) electrons. The van der Waals surface area contributed by atoms with Crippen LogP contribution < -0.4 is 5.32 Å². The Kier molecular flexibility index (Phi) is 4.41. The van der Waals surface area contributed by atoms with Gasteiger partial charge in [0.05, 0.1) is 0 Å². The maximum absolute atomic E-state index is 12.4. The van der Waals surface area contributed by atoms with E-state index >= 15 is 0 Å². The van der Waals surface area contributed by atoms with E-state index in [1.54, 1.807) is 18.2 Å². The molecular formula is C16H16N2O7S. The SMILES string of the molecule is CC1(O)S[C@@H]2[C@H](NC(=O)C(C(=O)O)c3ccccc3)C(=O)N2[C@H]1C(=O)O. The molecule has 3 rings (SSSR count). The van der Waals surface area contributed by atoms with Gasteiger partial charge in [-0.2, -0.15) is 0 Å². The molecule has 2 aliphatic rings. The fraction of sp³-hybridized carbons (Fsp3) is 0.375. The van der Waals surface area contributed by atoms with Crippen molar-refractivity contribution in [2.75, 3.05) is 0 Å². The van der Waals surface area contributed by atoms with Crippen molar-refractivity contribution in [2.45, 2.75) is 35.2 Å². The smallest absolute Gasteiger partial charge is 0.330 e. The van der Waals surface area contributed by atoms with E-state index in [1.165, 1.54) is 19.1 Å². The molecule has 1 aromatic carbocycles. The Morgan fingerprint density at radius 2 is 1.85 bits per heavy atom. The minimum atomic E-state index is -1.71. The van der Waals surface area contributed by atoms with Gasteiger partial charge in [0.2, 0.25) is 11.8 Å². The van der Waals surface area contributed by atoms with Crippen molar-refractivity contribution in [3.8, 4) is 0 Å². The van der Waals surface area contributed by atoms with Gasteiger partial charge in [-0.25, -0.2) is 4.79 Å². The number of carboxylic acids is 2. The second kappa shape index (κ2) is 6.29. The van der Waals surface area contributed by atoms with Crippen molar-refractivity contribution in [1.29, 1.82) is 0 Å². The Balaban J connectivity index is 1.78. The van der Waals surface area contributed by atoms with Crippen molar-refractivity contribution < 1.29 is 34.5 Å². The summed E-state index contributed by atoms with van der Waals surface area (Å²) in [5.74, 6) is -5.76. The lowest BCUT2D eigenvalue weighted by atomic mass is 9.96. The molecule has 2 saturated heterocycles. The Morgan fingerprint density at radius 3 is 2.38 bits per heavy atom. The Labute approximate surface area is 152 Å². The number of thioether (sulfide) groups is 1. The Bertz CT molecular complexity index is 782. The number of carbonyl (C=O) groups is 4. The number of nitrogens with one attached hydrogen (secondary N) is 1. The van der Waals surface area contributed by atoms with Crippen molar-refractivity contribution >= 4 is 35.5 Å². The molecule has 0 aliphatic carbocycles. The molecule has 9 nitrogen and oxygen atoms in total. The molecule has 2 unspecified atom stereocenters. The predicted octanol–water partition coefficient (Wildman–Crippen LogP) is -0.584. The maximum Gasteiger partial charge on any atom is 0.330 e. The molecule has 0 aromatic heterocycles. The number of aliphatic carboxylic acids is 2. The van der Waals surface area contributed by atoms with E-state index in [0.717, 1.165) is 16.7 Å². The lowest BCUT2D eigenvalue weighted by Crippen LogP contribution is -2.71. The number of rotatable bonds is 5. The summed E-state index contributed by atoms with van der Waals surface area (Å²) in [5.41, 5.74) is 0.260. The van der Waals surface area contributed by atoms with Crippen LogP contribution in [0.3, 0.4) is 0 Å². The van der Waals surface area contributed by atoms with E-state index in [4.69, 9.17) is 0 Å².